The van der Waals surface area contributed by atoms with Gasteiger partial charge in [-0.2, -0.15) is 4.98 Å². The lowest BCUT2D eigenvalue weighted by Crippen LogP contribution is -2.33. The van der Waals surface area contributed by atoms with Crippen LogP contribution in [0.3, 0.4) is 0 Å². The zero-order chi connectivity index (χ0) is 30.1. The quantitative estimate of drug-likeness (QED) is 0.222. The van der Waals surface area contributed by atoms with Gasteiger partial charge >= 0.3 is 0 Å². The van der Waals surface area contributed by atoms with Gasteiger partial charge in [0.1, 0.15) is 23.7 Å². The van der Waals surface area contributed by atoms with E-state index in [-0.39, 0.29) is 18.4 Å². The first kappa shape index (κ1) is 28.4. The van der Waals surface area contributed by atoms with Gasteiger partial charge in [0.2, 0.25) is 5.95 Å². The van der Waals surface area contributed by atoms with E-state index in [0.717, 1.165) is 75.4 Å². The first-order valence-electron chi connectivity index (χ1n) is 14.6. The highest BCUT2D eigenvalue weighted by Gasteiger charge is 2.27. The molecule has 2 N–H and O–H groups in total. The van der Waals surface area contributed by atoms with Gasteiger partial charge in [0.25, 0.3) is 0 Å². The molecule has 9 nitrogen and oxygen atoms in total. The van der Waals surface area contributed by atoms with Crippen LogP contribution in [-0.4, -0.2) is 56.7 Å². The molecule has 0 bridgehead atoms. The molecule has 5 aromatic rings. The van der Waals surface area contributed by atoms with Crippen LogP contribution in [0, 0.1) is 13.8 Å². The van der Waals surface area contributed by atoms with Crippen LogP contribution in [0.25, 0.3) is 27.7 Å². The molecule has 0 saturated carbocycles. The van der Waals surface area contributed by atoms with E-state index >= 15 is 0 Å². The molecule has 0 amide bonds. The molecule has 1 fully saturated rings. The minimum absolute atomic E-state index is 0.00727. The number of carbonyl (C=O) groups is 1. The van der Waals surface area contributed by atoms with Crippen LogP contribution in [0.5, 0.6) is 5.75 Å². The molecule has 0 unspecified atom stereocenters. The highest BCUT2D eigenvalue weighted by atomic mass is 16.5. The van der Waals surface area contributed by atoms with Crippen molar-refractivity contribution in [2.45, 2.75) is 46.1 Å². The number of nitrogens with zero attached hydrogens (tertiary/aromatic N) is 5. The van der Waals surface area contributed by atoms with E-state index in [4.69, 9.17) is 14.7 Å². The van der Waals surface area contributed by atoms with Crippen LogP contribution in [-0.2, 0) is 11.2 Å². The molecule has 6 rings (SSSR count). The van der Waals surface area contributed by atoms with E-state index in [9.17, 15) is 9.90 Å². The Morgan fingerprint density at radius 2 is 1.93 bits per heavy atom. The highest BCUT2D eigenvalue weighted by molar-refractivity contribution is 5.94. The molecule has 1 aliphatic rings. The van der Waals surface area contributed by atoms with Crippen molar-refractivity contribution in [3.63, 3.8) is 0 Å². The summed E-state index contributed by atoms with van der Waals surface area (Å²) in [6.45, 7) is 6.60. The highest BCUT2D eigenvalue weighted by Crippen LogP contribution is 2.34. The Labute approximate surface area is 251 Å². The molecule has 1 saturated heterocycles. The Hall–Kier alpha value is -4.76. The van der Waals surface area contributed by atoms with E-state index in [2.05, 4.69) is 52.5 Å². The first-order valence-corrected chi connectivity index (χ1v) is 14.6. The predicted octanol–water partition coefficient (Wildman–Crippen LogP) is 5.94. The van der Waals surface area contributed by atoms with Crippen LogP contribution in [0.1, 0.15) is 36.5 Å². The fourth-order valence-electron chi connectivity index (χ4n) is 5.83. The van der Waals surface area contributed by atoms with Crippen molar-refractivity contribution in [2.75, 3.05) is 30.5 Å². The van der Waals surface area contributed by atoms with Gasteiger partial charge in [0.15, 0.2) is 5.82 Å². The number of imidazole rings is 1. The summed E-state index contributed by atoms with van der Waals surface area (Å²) in [5, 5.41) is 14.3. The number of aromatic nitrogens is 4. The van der Waals surface area contributed by atoms with Crippen molar-refractivity contribution in [3.8, 4) is 22.6 Å². The summed E-state index contributed by atoms with van der Waals surface area (Å²) in [6.07, 6.45) is 5.96. The number of Topliss-reactive ketones (excluding diaryl/α,β-unsaturated/α-hetero) is 1. The largest absolute Gasteiger partial charge is 0.496 e. The van der Waals surface area contributed by atoms with Gasteiger partial charge in [-0.3, -0.25) is 4.79 Å². The van der Waals surface area contributed by atoms with E-state index in [1.165, 1.54) is 0 Å². The Balaban J connectivity index is 1.39. The lowest BCUT2D eigenvalue weighted by molar-refractivity contribution is -0.116. The number of rotatable bonds is 9. The monoisotopic (exact) mass is 576 g/mol. The number of nitrogens with one attached hydrogen (secondary N) is 1. The summed E-state index contributed by atoms with van der Waals surface area (Å²) >= 11 is 0. The van der Waals surface area contributed by atoms with E-state index in [0.29, 0.717) is 18.2 Å². The topological polar surface area (TPSA) is 105 Å². The number of methoxy groups -OCH3 is 1. The fourth-order valence-corrected chi connectivity index (χ4v) is 5.83. The summed E-state index contributed by atoms with van der Waals surface area (Å²) in [5.74, 6) is 2.78. The van der Waals surface area contributed by atoms with Crippen LogP contribution >= 0.6 is 0 Å². The molecular weight excluding hydrogens is 540 g/mol. The number of aryl methyl sites for hydroxylation is 1. The van der Waals surface area contributed by atoms with Gasteiger partial charge < -0.3 is 24.6 Å². The van der Waals surface area contributed by atoms with Gasteiger partial charge in [-0.15, -0.1) is 0 Å². The molecule has 1 atom stereocenters. The van der Waals surface area contributed by atoms with Crippen LogP contribution < -0.4 is 15.0 Å². The summed E-state index contributed by atoms with van der Waals surface area (Å²) in [7, 11) is 1.68. The predicted molar refractivity (Wildman–Crippen MR) is 170 cm³/mol. The number of hydrogen-bond acceptors (Lipinski definition) is 8. The second-order valence-electron chi connectivity index (χ2n) is 11.2. The third-order valence-electron chi connectivity index (χ3n) is 8.20. The van der Waals surface area contributed by atoms with Crippen LogP contribution in [0.2, 0.25) is 0 Å². The number of ketones is 1. The average molecular weight is 577 g/mol. The van der Waals surface area contributed by atoms with E-state index in [1.807, 2.05) is 42.0 Å². The second-order valence-corrected chi connectivity index (χ2v) is 11.2. The first-order chi connectivity index (χ1) is 20.8. The summed E-state index contributed by atoms with van der Waals surface area (Å²) < 4.78 is 7.51. The average Bonchev–Trinajstić information content (AvgIpc) is 3.67. The lowest BCUT2D eigenvalue weighted by Gasteiger charge is -2.26. The SMILES string of the molecule is COc1cc(-n2cnc(Nc3nc(N4CCC[C@H]4CO)c4ccc(-c5cccc(CC(C)=O)c5)cc4n3)c2)cc(C)c1C. The molecule has 9 heteroatoms. The van der Waals surface area contributed by atoms with Crippen LogP contribution in [0.15, 0.2) is 67.1 Å². The van der Waals surface area contributed by atoms with Crippen LogP contribution in [0.4, 0.5) is 17.6 Å². The zero-order valence-corrected chi connectivity index (χ0v) is 25.0. The van der Waals surface area contributed by atoms with Gasteiger partial charge in [-0.1, -0.05) is 30.3 Å². The Bertz CT molecular complexity index is 1810. The van der Waals surface area contributed by atoms with Gasteiger partial charge in [0.05, 0.1) is 37.2 Å². The minimum Gasteiger partial charge on any atom is -0.496 e. The number of ether oxygens (including phenoxy) is 1. The third kappa shape index (κ3) is 5.81. The van der Waals surface area contributed by atoms with Crippen molar-refractivity contribution in [3.05, 3.63) is 83.8 Å². The number of aliphatic hydroxyl groups is 1. The Kier molecular flexibility index (Phi) is 7.82. The maximum atomic E-state index is 11.7. The molecule has 3 aromatic carbocycles. The Morgan fingerprint density at radius 3 is 2.72 bits per heavy atom. The number of aliphatic hydroxyl groups excluding tert-OH is 1. The van der Waals surface area contributed by atoms with E-state index < -0.39 is 0 Å². The molecule has 0 spiro atoms. The maximum absolute atomic E-state index is 11.7. The summed E-state index contributed by atoms with van der Waals surface area (Å²) in [6, 6.07) is 18.3. The van der Waals surface area contributed by atoms with Crippen molar-refractivity contribution in [1.82, 2.24) is 19.5 Å². The van der Waals surface area contributed by atoms with Crippen molar-refractivity contribution < 1.29 is 14.6 Å². The molecule has 1 aliphatic heterocycles. The molecule has 0 radical (unpaired) electrons. The second kappa shape index (κ2) is 11.9. The van der Waals surface area contributed by atoms with Crippen molar-refractivity contribution in [2.24, 2.45) is 0 Å². The molecular formula is C34H36N6O3. The number of anilines is 3. The molecule has 43 heavy (non-hydrogen) atoms. The fraction of sp³-hybridized carbons (Fsp3) is 0.294. The third-order valence-corrected chi connectivity index (χ3v) is 8.20. The Morgan fingerprint density at radius 1 is 1.09 bits per heavy atom. The number of carbonyl (C=O) groups excluding carboxylic acids is 1. The van der Waals surface area contributed by atoms with Gasteiger partial charge in [0, 0.05) is 24.4 Å². The van der Waals surface area contributed by atoms with E-state index in [1.54, 1.807) is 20.4 Å². The lowest BCUT2D eigenvalue weighted by atomic mass is 9.99. The summed E-state index contributed by atoms with van der Waals surface area (Å²) in [5.41, 5.74) is 6.97. The molecule has 2 aromatic heterocycles. The minimum atomic E-state index is 0.00727. The number of fused-ring (bicyclic) bond motifs is 1. The normalized spacial score (nSPS) is 14.8. The molecule has 220 valence electrons. The van der Waals surface area contributed by atoms with Crippen molar-refractivity contribution in [1.29, 1.82) is 0 Å². The van der Waals surface area contributed by atoms with Gasteiger partial charge in [-0.05, 0) is 79.6 Å². The maximum Gasteiger partial charge on any atom is 0.230 e. The van der Waals surface area contributed by atoms with Gasteiger partial charge in [-0.25, -0.2) is 9.97 Å². The number of benzene rings is 3. The summed E-state index contributed by atoms with van der Waals surface area (Å²) in [4.78, 5) is 28.3. The standard InChI is InChI=1S/C34H36N6O3/c1-21-13-28(17-31(43-4)23(21)3)39-18-32(35-20-39)37-34-36-30-16-26(25-8-5-7-24(15-25)14-22(2)42)10-11-29(30)33(38-34)40-12-6-9-27(40)19-41/h5,7-8,10-11,13,15-18,20,27,41H,6,9,12,14,19H2,1-4H3,(H,36,37,38)/t27-/m0/s1. The molecule has 0 aliphatic carbocycles. The molecule has 3 heterocycles. The number of hydrogen-bond donors (Lipinski definition) is 2. The zero-order valence-electron chi connectivity index (χ0n) is 25.0. The van der Waals surface area contributed by atoms with Crippen molar-refractivity contribution >= 4 is 34.3 Å². The smallest absolute Gasteiger partial charge is 0.230 e.